The molecular weight excluding hydrogens is 471 g/mol. The predicted molar refractivity (Wildman–Crippen MR) is 103 cm³/mol. The van der Waals surface area contributed by atoms with Crippen molar-refractivity contribution in [1.29, 1.82) is 0 Å². The Kier molecular flexibility index (Phi) is 6.83. The number of hydrogen-bond donors (Lipinski definition) is 6. The van der Waals surface area contributed by atoms with Crippen LogP contribution < -0.4 is 22.0 Å². The monoisotopic (exact) mass is 484 g/mol. The Bertz CT molecular complexity index is 1070. The van der Waals surface area contributed by atoms with Crippen LogP contribution >= 0.6 is 15.9 Å². The second-order valence-electron chi connectivity index (χ2n) is 5.40. The molecule has 0 radical (unpaired) electrons. The van der Waals surface area contributed by atoms with E-state index in [0.29, 0.717) is 5.69 Å². The Morgan fingerprint density at radius 1 is 1.10 bits per heavy atom. The van der Waals surface area contributed by atoms with Gasteiger partial charge in [0.05, 0.1) is 16.7 Å². The summed E-state index contributed by atoms with van der Waals surface area (Å²) in [6.45, 7) is 0.337. The van der Waals surface area contributed by atoms with Gasteiger partial charge in [-0.1, -0.05) is 0 Å². The number of amidine groups is 2. The Labute approximate surface area is 175 Å². The lowest BCUT2D eigenvalue weighted by Crippen LogP contribution is -2.24. The number of aromatic nitrogens is 4. The van der Waals surface area contributed by atoms with E-state index in [2.05, 4.69) is 61.1 Å². The van der Waals surface area contributed by atoms with Crippen LogP contribution in [0.5, 0.6) is 0 Å². The number of nitrogen functional groups attached to an aromatic ring is 1. The van der Waals surface area contributed by atoms with Crippen molar-refractivity contribution in [2.24, 2.45) is 9.98 Å². The van der Waals surface area contributed by atoms with E-state index < -0.39 is 5.82 Å². The molecule has 16 heteroatoms. The van der Waals surface area contributed by atoms with E-state index in [9.17, 15) is 9.60 Å². The van der Waals surface area contributed by atoms with Crippen LogP contribution in [0.4, 0.5) is 21.7 Å². The summed E-state index contributed by atoms with van der Waals surface area (Å²) in [7, 11) is 0. The Morgan fingerprint density at radius 2 is 1.83 bits per heavy atom. The fraction of sp³-hybridized carbons (Fsp3) is 0.143. The molecule has 0 saturated heterocycles. The lowest BCUT2D eigenvalue weighted by Gasteiger charge is -2.05. The summed E-state index contributed by atoms with van der Waals surface area (Å²) in [4.78, 5) is 8.20. The van der Waals surface area contributed by atoms with E-state index in [1.54, 1.807) is 0 Å². The van der Waals surface area contributed by atoms with E-state index in [-0.39, 0.29) is 52.3 Å². The summed E-state index contributed by atoms with van der Waals surface area (Å²) in [6, 6.07) is 4.02. The third-order valence-electron chi connectivity index (χ3n) is 3.48. The number of hydrogen-bond acceptors (Lipinski definition) is 12. The molecule has 7 N–H and O–H groups in total. The van der Waals surface area contributed by atoms with Gasteiger partial charge in [0.2, 0.25) is 5.82 Å². The van der Waals surface area contributed by atoms with Crippen LogP contribution in [0.15, 0.2) is 41.9 Å². The van der Waals surface area contributed by atoms with Gasteiger partial charge in [0, 0.05) is 6.54 Å². The minimum atomic E-state index is -0.460. The van der Waals surface area contributed by atoms with Gasteiger partial charge in [-0.05, 0) is 54.8 Å². The van der Waals surface area contributed by atoms with Gasteiger partial charge in [-0.15, -0.1) is 0 Å². The molecule has 0 saturated carbocycles. The average Bonchev–Trinajstić information content (AvgIpc) is 3.38. The van der Waals surface area contributed by atoms with Crippen molar-refractivity contribution in [3.05, 3.63) is 39.9 Å². The van der Waals surface area contributed by atoms with Crippen LogP contribution in [0.2, 0.25) is 0 Å². The molecule has 0 atom stereocenters. The van der Waals surface area contributed by atoms with Gasteiger partial charge >= 0.3 is 0 Å². The first-order valence-corrected chi connectivity index (χ1v) is 8.86. The summed E-state index contributed by atoms with van der Waals surface area (Å²) in [5.74, 6) is -0.505. The highest BCUT2D eigenvalue weighted by molar-refractivity contribution is 9.10. The van der Waals surface area contributed by atoms with Crippen molar-refractivity contribution in [2.75, 3.05) is 24.1 Å². The standard InChI is InChI=1S/C14H14BrFN10O4/c15-7-5-6(1-2-8(7)16)20-14(22-28)10-13(26-30-24-10)19-4-3-18-12(21-27)9-11(17)25-29-23-9/h1-2,5,27-28H,3-4H2,(H2,17,25)(H,18,21)(H,19,26)(H,20,22). The highest BCUT2D eigenvalue weighted by Crippen LogP contribution is 2.23. The van der Waals surface area contributed by atoms with Crippen molar-refractivity contribution >= 4 is 44.9 Å². The smallest absolute Gasteiger partial charge is 0.202 e. The second kappa shape index (κ2) is 9.72. The molecule has 0 amide bonds. The molecule has 2 heterocycles. The van der Waals surface area contributed by atoms with Crippen molar-refractivity contribution in [3.63, 3.8) is 0 Å². The number of halogens is 2. The summed E-state index contributed by atoms with van der Waals surface area (Å²) < 4.78 is 22.7. The van der Waals surface area contributed by atoms with Crippen LogP contribution in [0.1, 0.15) is 11.4 Å². The molecule has 3 rings (SSSR count). The zero-order valence-electron chi connectivity index (χ0n) is 14.9. The zero-order chi connectivity index (χ0) is 21.5. The molecule has 0 unspecified atom stereocenters. The lowest BCUT2D eigenvalue weighted by atomic mass is 10.3. The number of benzene rings is 1. The van der Waals surface area contributed by atoms with Gasteiger partial charge in [-0.3, -0.25) is 26.4 Å². The molecule has 0 aliphatic carbocycles. The summed E-state index contributed by atoms with van der Waals surface area (Å²) in [5.41, 5.74) is 9.73. The molecule has 0 aliphatic rings. The van der Waals surface area contributed by atoms with Crippen LogP contribution in [-0.4, -0.2) is 55.8 Å². The molecule has 0 fully saturated rings. The van der Waals surface area contributed by atoms with Gasteiger partial charge < -0.3 is 11.1 Å². The molecule has 0 bridgehead atoms. The first-order valence-electron chi connectivity index (χ1n) is 8.07. The van der Waals surface area contributed by atoms with Gasteiger partial charge in [0.25, 0.3) is 0 Å². The number of rotatable bonds is 7. The zero-order valence-corrected chi connectivity index (χ0v) is 16.5. The van der Waals surface area contributed by atoms with Crippen LogP contribution in [-0.2, 0) is 0 Å². The fourth-order valence-corrected chi connectivity index (χ4v) is 2.51. The summed E-state index contributed by atoms with van der Waals surface area (Å²) in [5, 5.41) is 35.7. The largest absolute Gasteiger partial charge is 0.379 e. The number of anilines is 2. The van der Waals surface area contributed by atoms with Crippen molar-refractivity contribution in [1.82, 2.24) is 31.6 Å². The Morgan fingerprint density at radius 3 is 2.50 bits per heavy atom. The summed E-state index contributed by atoms with van der Waals surface area (Å²) in [6.07, 6.45) is 0. The lowest BCUT2D eigenvalue weighted by molar-refractivity contribution is 0.233. The Hall–Kier alpha value is -3.63. The first kappa shape index (κ1) is 21.1. The van der Waals surface area contributed by atoms with Gasteiger partial charge in [-0.25, -0.2) is 18.6 Å². The van der Waals surface area contributed by atoms with Gasteiger partial charge in [-0.2, -0.15) is 0 Å². The van der Waals surface area contributed by atoms with E-state index in [1.165, 1.54) is 18.2 Å². The first-order chi connectivity index (χ1) is 14.5. The maximum atomic E-state index is 13.4. The normalized spacial score (nSPS) is 12.1. The maximum absolute atomic E-state index is 13.4. The fourth-order valence-electron chi connectivity index (χ4n) is 2.14. The minimum Gasteiger partial charge on any atom is -0.379 e. The predicted octanol–water partition coefficient (Wildman–Crippen LogP) is 0.831. The number of nitrogens with two attached hydrogens (primary N) is 1. The van der Waals surface area contributed by atoms with E-state index in [1.807, 2.05) is 11.0 Å². The number of nitrogens with zero attached hydrogens (tertiary/aromatic N) is 6. The Balaban J connectivity index is 1.70. The average molecular weight is 485 g/mol. The van der Waals surface area contributed by atoms with E-state index >= 15 is 0 Å². The topological polar surface area (TPSA) is 205 Å². The molecular formula is C14H14BrFN10O4. The molecule has 14 nitrogen and oxygen atoms in total. The summed E-state index contributed by atoms with van der Waals surface area (Å²) >= 11 is 3.06. The molecule has 158 valence electrons. The molecule has 0 aliphatic heterocycles. The van der Waals surface area contributed by atoms with Crippen LogP contribution in [0.3, 0.4) is 0 Å². The molecule has 3 aromatic rings. The maximum Gasteiger partial charge on any atom is 0.202 e. The molecule has 30 heavy (non-hydrogen) atoms. The third kappa shape index (κ3) is 4.85. The SMILES string of the molecule is Nc1nonc1C(=NCCNc1nonc1C(=Nc1ccc(F)c(Br)c1)NO)NO. The van der Waals surface area contributed by atoms with Crippen LogP contribution in [0.25, 0.3) is 0 Å². The molecule has 1 aromatic carbocycles. The highest BCUT2D eigenvalue weighted by Gasteiger charge is 2.17. The molecule has 2 aromatic heterocycles. The number of nitrogens with one attached hydrogen (secondary N) is 3. The van der Waals surface area contributed by atoms with Gasteiger partial charge in [0.1, 0.15) is 5.82 Å². The van der Waals surface area contributed by atoms with Crippen molar-refractivity contribution in [2.45, 2.75) is 0 Å². The third-order valence-corrected chi connectivity index (χ3v) is 4.09. The van der Waals surface area contributed by atoms with Gasteiger partial charge in [0.15, 0.2) is 28.9 Å². The van der Waals surface area contributed by atoms with E-state index in [0.717, 1.165) is 0 Å². The quantitative estimate of drug-likeness (QED) is 0.119. The molecule has 0 spiro atoms. The van der Waals surface area contributed by atoms with Crippen molar-refractivity contribution in [3.8, 4) is 0 Å². The minimum absolute atomic E-state index is 0.0461. The second-order valence-corrected chi connectivity index (χ2v) is 6.25. The van der Waals surface area contributed by atoms with E-state index in [4.69, 9.17) is 10.9 Å². The van der Waals surface area contributed by atoms with Crippen molar-refractivity contribution < 1.29 is 24.1 Å². The highest BCUT2D eigenvalue weighted by atomic mass is 79.9. The van der Waals surface area contributed by atoms with Crippen LogP contribution in [0, 0.1) is 5.82 Å². The number of aliphatic imine (C=N–C) groups is 2. The number of hydroxylamine groups is 2.